The van der Waals surface area contributed by atoms with Crippen molar-refractivity contribution >= 4 is 29.9 Å². The fourth-order valence-electron chi connectivity index (χ4n) is 2.25. The Morgan fingerprint density at radius 2 is 1.62 bits per heavy atom. The van der Waals surface area contributed by atoms with Gasteiger partial charge in [0.25, 0.3) is 0 Å². The highest BCUT2D eigenvalue weighted by Crippen LogP contribution is 2.32. The molecule has 0 aliphatic carbocycles. The molecule has 2 N–H and O–H groups in total. The molecule has 3 rings (SSSR count). The van der Waals surface area contributed by atoms with Gasteiger partial charge in [-0.1, -0.05) is 18.2 Å². The minimum absolute atomic E-state index is 0. The van der Waals surface area contributed by atoms with Crippen molar-refractivity contribution in [2.75, 3.05) is 13.8 Å². The summed E-state index contributed by atoms with van der Waals surface area (Å²) in [5, 5.41) is 6.42. The number of nitrogens with one attached hydrogen (secondary N) is 2. The van der Waals surface area contributed by atoms with E-state index < -0.39 is 0 Å². The molecule has 1 aliphatic heterocycles. The predicted molar refractivity (Wildman–Crippen MR) is 101 cm³/mol. The minimum Gasteiger partial charge on any atom is -0.454 e. The number of nitrogens with zero attached hydrogens (tertiary/aromatic N) is 1. The second kappa shape index (κ2) is 8.72. The van der Waals surface area contributed by atoms with Crippen LogP contribution < -0.4 is 20.1 Å². The van der Waals surface area contributed by atoms with Crippen molar-refractivity contribution in [3.8, 4) is 11.5 Å². The van der Waals surface area contributed by atoms with Crippen LogP contribution in [0.1, 0.15) is 11.1 Å². The number of halogens is 2. The zero-order valence-corrected chi connectivity index (χ0v) is 15.5. The summed E-state index contributed by atoms with van der Waals surface area (Å²) in [6.45, 7) is 1.45. The molecular formula is C17H19FIN3O2. The van der Waals surface area contributed by atoms with Crippen molar-refractivity contribution in [2.45, 2.75) is 13.1 Å². The first-order valence-electron chi connectivity index (χ1n) is 7.32. The molecule has 0 saturated heterocycles. The molecule has 0 fully saturated rings. The molecule has 2 aromatic rings. The van der Waals surface area contributed by atoms with Crippen molar-refractivity contribution in [3.63, 3.8) is 0 Å². The van der Waals surface area contributed by atoms with E-state index in [-0.39, 0.29) is 36.6 Å². The Kier molecular flexibility index (Phi) is 6.65. The van der Waals surface area contributed by atoms with Gasteiger partial charge in [-0.2, -0.15) is 0 Å². The first kappa shape index (κ1) is 18.3. The maximum atomic E-state index is 12.9. The van der Waals surface area contributed by atoms with Crippen LogP contribution in [0.2, 0.25) is 0 Å². The highest BCUT2D eigenvalue weighted by atomic mass is 127. The quantitative estimate of drug-likeness (QED) is 0.434. The van der Waals surface area contributed by atoms with E-state index in [1.54, 1.807) is 19.2 Å². The summed E-state index contributed by atoms with van der Waals surface area (Å²) in [6, 6.07) is 12.2. The fraction of sp³-hybridized carbons (Fsp3) is 0.235. The van der Waals surface area contributed by atoms with Crippen LogP contribution in [0, 0.1) is 5.82 Å². The lowest BCUT2D eigenvalue weighted by atomic mass is 10.2. The average molecular weight is 443 g/mol. The maximum Gasteiger partial charge on any atom is 0.231 e. The Balaban J connectivity index is 0.00000208. The molecule has 2 aromatic carbocycles. The molecule has 1 heterocycles. The molecule has 0 bridgehead atoms. The van der Waals surface area contributed by atoms with Crippen LogP contribution in [0.4, 0.5) is 4.39 Å². The Morgan fingerprint density at radius 3 is 2.33 bits per heavy atom. The minimum atomic E-state index is -0.237. The molecule has 0 atom stereocenters. The number of fused-ring (bicyclic) bond motifs is 1. The van der Waals surface area contributed by atoms with Crippen molar-refractivity contribution in [1.82, 2.24) is 10.6 Å². The second-order valence-electron chi connectivity index (χ2n) is 5.09. The van der Waals surface area contributed by atoms with E-state index in [4.69, 9.17) is 9.47 Å². The summed E-state index contributed by atoms with van der Waals surface area (Å²) in [7, 11) is 1.71. The number of guanidine groups is 1. The summed E-state index contributed by atoms with van der Waals surface area (Å²) in [5.74, 6) is 1.97. The lowest BCUT2D eigenvalue weighted by molar-refractivity contribution is 0.174. The van der Waals surface area contributed by atoms with Crippen LogP contribution in [0.15, 0.2) is 47.5 Å². The van der Waals surface area contributed by atoms with E-state index in [0.29, 0.717) is 19.0 Å². The summed E-state index contributed by atoms with van der Waals surface area (Å²) in [5.41, 5.74) is 2.05. The van der Waals surface area contributed by atoms with Crippen LogP contribution >= 0.6 is 24.0 Å². The third-order valence-corrected chi connectivity index (χ3v) is 3.49. The van der Waals surface area contributed by atoms with Crippen LogP contribution in [-0.2, 0) is 13.1 Å². The molecule has 7 heteroatoms. The molecule has 0 radical (unpaired) electrons. The van der Waals surface area contributed by atoms with E-state index in [9.17, 15) is 4.39 Å². The number of hydrogen-bond acceptors (Lipinski definition) is 3. The zero-order chi connectivity index (χ0) is 16.1. The van der Waals surface area contributed by atoms with Gasteiger partial charge in [-0.3, -0.25) is 4.99 Å². The van der Waals surface area contributed by atoms with E-state index in [1.165, 1.54) is 12.1 Å². The van der Waals surface area contributed by atoms with Gasteiger partial charge in [-0.05, 0) is 35.4 Å². The summed E-state index contributed by atoms with van der Waals surface area (Å²) in [6.07, 6.45) is 0. The summed E-state index contributed by atoms with van der Waals surface area (Å²) < 4.78 is 23.5. The van der Waals surface area contributed by atoms with E-state index in [1.807, 2.05) is 18.2 Å². The fourth-order valence-corrected chi connectivity index (χ4v) is 2.25. The van der Waals surface area contributed by atoms with Crippen LogP contribution in [0.5, 0.6) is 11.5 Å². The van der Waals surface area contributed by atoms with Crippen LogP contribution in [0.25, 0.3) is 0 Å². The SMILES string of the molecule is CN=C(NCc1ccc(F)cc1)NCc1ccc2c(c1)OCO2.I. The van der Waals surface area contributed by atoms with Gasteiger partial charge in [0.2, 0.25) is 6.79 Å². The molecule has 1 aliphatic rings. The normalized spacial score (nSPS) is 12.5. The largest absolute Gasteiger partial charge is 0.454 e. The Bertz CT molecular complexity index is 707. The molecule has 0 amide bonds. The Hall–Kier alpha value is -2.03. The Morgan fingerprint density at radius 1 is 1.00 bits per heavy atom. The second-order valence-corrected chi connectivity index (χ2v) is 5.09. The van der Waals surface area contributed by atoms with Crippen molar-refractivity contribution in [3.05, 3.63) is 59.4 Å². The first-order chi connectivity index (χ1) is 11.2. The van der Waals surface area contributed by atoms with Gasteiger partial charge < -0.3 is 20.1 Å². The Labute approximate surface area is 157 Å². The van der Waals surface area contributed by atoms with E-state index >= 15 is 0 Å². The lowest BCUT2D eigenvalue weighted by Gasteiger charge is -2.12. The molecule has 128 valence electrons. The van der Waals surface area contributed by atoms with Gasteiger partial charge in [0.05, 0.1) is 0 Å². The van der Waals surface area contributed by atoms with Crippen molar-refractivity contribution in [1.29, 1.82) is 0 Å². The molecule has 0 spiro atoms. The van der Waals surface area contributed by atoms with Gasteiger partial charge >= 0.3 is 0 Å². The molecule has 0 aromatic heterocycles. The van der Waals surface area contributed by atoms with Crippen molar-refractivity contribution in [2.24, 2.45) is 4.99 Å². The average Bonchev–Trinajstić information content (AvgIpc) is 3.04. The third kappa shape index (κ3) is 4.73. The number of rotatable bonds is 4. The molecule has 5 nitrogen and oxygen atoms in total. The molecule has 24 heavy (non-hydrogen) atoms. The topological polar surface area (TPSA) is 54.9 Å². The number of benzene rings is 2. The molecular weight excluding hydrogens is 424 g/mol. The van der Waals surface area contributed by atoms with Gasteiger partial charge in [-0.15, -0.1) is 24.0 Å². The third-order valence-electron chi connectivity index (χ3n) is 3.49. The highest BCUT2D eigenvalue weighted by Gasteiger charge is 2.13. The number of hydrogen-bond donors (Lipinski definition) is 2. The summed E-state index contributed by atoms with van der Waals surface area (Å²) in [4.78, 5) is 4.17. The summed E-state index contributed by atoms with van der Waals surface area (Å²) >= 11 is 0. The standard InChI is InChI=1S/C17H18FN3O2.HI/c1-19-17(20-9-12-2-5-14(18)6-3-12)21-10-13-4-7-15-16(8-13)23-11-22-15;/h2-8H,9-11H2,1H3,(H2,19,20,21);1H. The zero-order valence-electron chi connectivity index (χ0n) is 13.2. The van der Waals surface area contributed by atoms with E-state index in [0.717, 1.165) is 22.6 Å². The highest BCUT2D eigenvalue weighted by molar-refractivity contribution is 14.0. The smallest absolute Gasteiger partial charge is 0.231 e. The first-order valence-corrected chi connectivity index (χ1v) is 7.32. The number of ether oxygens (including phenoxy) is 2. The lowest BCUT2D eigenvalue weighted by Crippen LogP contribution is -2.36. The maximum absolute atomic E-state index is 12.9. The van der Waals surface area contributed by atoms with Gasteiger partial charge in [0.15, 0.2) is 17.5 Å². The van der Waals surface area contributed by atoms with E-state index in [2.05, 4.69) is 15.6 Å². The van der Waals surface area contributed by atoms with Crippen LogP contribution in [-0.4, -0.2) is 19.8 Å². The van der Waals surface area contributed by atoms with Gasteiger partial charge in [0, 0.05) is 20.1 Å². The predicted octanol–water partition coefficient (Wildman–Crippen LogP) is 3.04. The number of aliphatic imine (C=N–C) groups is 1. The molecule has 0 unspecified atom stereocenters. The monoisotopic (exact) mass is 443 g/mol. The molecule has 0 saturated carbocycles. The van der Waals surface area contributed by atoms with Crippen LogP contribution in [0.3, 0.4) is 0 Å². The van der Waals surface area contributed by atoms with Gasteiger partial charge in [-0.25, -0.2) is 4.39 Å². The van der Waals surface area contributed by atoms with Crippen molar-refractivity contribution < 1.29 is 13.9 Å². The van der Waals surface area contributed by atoms with Gasteiger partial charge in [0.1, 0.15) is 5.82 Å².